The molecule has 1 aliphatic heterocycles. The molecule has 1 saturated heterocycles. The van der Waals surface area contributed by atoms with Crippen molar-refractivity contribution >= 4 is 5.91 Å². The molecule has 1 amide bonds. The topological polar surface area (TPSA) is 55.6 Å². The van der Waals surface area contributed by atoms with E-state index >= 15 is 0 Å². The van der Waals surface area contributed by atoms with Crippen LogP contribution in [-0.2, 0) is 4.79 Å². The van der Waals surface area contributed by atoms with Gasteiger partial charge in [0.25, 0.3) is 0 Å². The van der Waals surface area contributed by atoms with Gasteiger partial charge in [0.05, 0.1) is 6.61 Å². The summed E-state index contributed by atoms with van der Waals surface area (Å²) in [5, 5.41) is 0. The quantitative estimate of drug-likeness (QED) is 0.863. The van der Waals surface area contributed by atoms with Crippen molar-refractivity contribution in [2.24, 2.45) is 5.73 Å². The third-order valence-corrected chi connectivity index (χ3v) is 3.21. The van der Waals surface area contributed by atoms with Crippen LogP contribution in [-0.4, -0.2) is 30.5 Å². The Hall–Kier alpha value is -1.55. The molecular weight excluding hydrogens is 228 g/mol. The third kappa shape index (κ3) is 3.01. The molecule has 98 valence electrons. The Balaban J connectivity index is 1.95. The fraction of sp³-hybridized carbons (Fsp3) is 0.500. The van der Waals surface area contributed by atoms with Gasteiger partial charge in [0.15, 0.2) is 0 Å². The number of ether oxygens (including phenoxy) is 1. The zero-order valence-corrected chi connectivity index (χ0v) is 10.8. The Kier molecular flexibility index (Phi) is 4.20. The van der Waals surface area contributed by atoms with Crippen molar-refractivity contribution in [1.29, 1.82) is 0 Å². The summed E-state index contributed by atoms with van der Waals surface area (Å²) in [5.74, 6) is 1.07. The Morgan fingerprint density at radius 2 is 2.11 bits per heavy atom. The van der Waals surface area contributed by atoms with Gasteiger partial charge in [0, 0.05) is 25.6 Å². The molecule has 1 unspecified atom stereocenters. The molecule has 0 aliphatic carbocycles. The molecule has 1 aromatic carbocycles. The molecule has 4 nitrogen and oxygen atoms in total. The molecule has 2 N–H and O–H groups in total. The van der Waals surface area contributed by atoms with Crippen molar-refractivity contribution in [2.45, 2.75) is 25.8 Å². The average molecular weight is 248 g/mol. The first-order valence-electron chi connectivity index (χ1n) is 6.47. The maximum Gasteiger partial charge on any atom is 0.222 e. The number of likely N-dealkylation sites (tertiary alicyclic amines) is 1. The average Bonchev–Trinajstić information content (AvgIpc) is 2.76. The Morgan fingerprint density at radius 3 is 2.67 bits per heavy atom. The zero-order chi connectivity index (χ0) is 13.0. The van der Waals surface area contributed by atoms with E-state index in [-0.39, 0.29) is 11.9 Å². The molecule has 18 heavy (non-hydrogen) atoms. The van der Waals surface area contributed by atoms with Gasteiger partial charge in [-0.1, -0.05) is 12.1 Å². The van der Waals surface area contributed by atoms with Crippen molar-refractivity contribution in [1.82, 2.24) is 4.90 Å². The maximum absolute atomic E-state index is 11.5. The lowest BCUT2D eigenvalue weighted by Gasteiger charge is -2.21. The first-order chi connectivity index (χ1) is 8.70. The SMILES string of the molecule is CCOc1ccc(C(N)CN2CCCC2=O)cc1. The molecule has 0 spiro atoms. The van der Waals surface area contributed by atoms with Gasteiger partial charge in [-0.3, -0.25) is 4.79 Å². The molecule has 0 aromatic heterocycles. The third-order valence-electron chi connectivity index (χ3n) is 3.21. The highest BCUT2D eigenvalue weighted by molar-refractivity contribution is 5.78. The van der Waals surface area contributed by atoms with Gasteiger partial charge in [-0.25, -0.2) is 0 Å². The van der Waals surface area contributed by atoms with Crippen molar-refractivity contribution < 1.29 is 9.53 Å². The molecule has 1 fully saturated rings. The molecule has 2 rings (SSSR count). The fourth-order valence-corrected chi connectivity index (χ4v) is 2.22. The Bertz CT molecular complexity index is 403. The number of rotatable bonds is 5. The van der Waals surface area contributed by atoms with E-state index in [0.717, 1.165) is 24.3 Å². The number of carbonyl (C=O) groups is 1. The number of nitrogens with zero attached hydrogens (tertiary/aromatic N) is 1. The lowest BCUT2D eigenvalue weighted by Crippen LogP contribution is -2.32. The standard InChI is InChI=1S/C14H20N2O2/c1-2-18-12-7-5-11(6-8-12)13(15)10-16-9-3-4-14(16)17/h5-8,13H,2-4,9-10,15H2,1H3. The predicted molar refractivity (Wildman–Crippen MR) is 70.4 cm³/mol. The number of benzene rings is 1. The second-order valence-corrected chi connectivity index (χ2v) is 4.55. The van der Waals surface area contributed by atoms with E-state index in [1.165, 1.54) is 0 Å². The van der Waals surface area contributed by atoms with Crippen molar-refractivity contribution in [3.63, 3.8) is 0 Å². The van der Waals surface area contributed by atoms with E-state index in [1.807, 2.05) is 36.1 Å². The van der Waals surface area contributed by atoms with Crippen LogP contribution in [0.25, 0.3) is 0 Å². The summed E-state index contributed by atoms with van der Waals surface area (Å²) in [6, 6.07) is 7.66. The molecule has 1 atom stereocenters. The van der Waals surface area contributed by atoms with Crippen molar-refractivity contribution in [3.05, 3.63) is 29.8 Å². The highest BCUT2D eigenvalue weighted by atomic mass is 16.5. The van der Waals surface area contributed by atoms with Crippen LogP contribution in [0, 0.1) is 0 Å². The van der Waals surface area contributed by atoms with E-state index < -0.39 is 0 Å². The minimum atomic E-state index is -0.122. The van der Waals surface area contributed by atoms with Gasteiger partial charge in [0.1, 0.15) is 5.75 Å². The van der Waals surface area contributed by atoms with Crippen molar-refractivity contribution in [2.75, 3.05) is 19.7 Å². The largest absolute Gasteiger partial charge is 0.494 e. The molecule has 1 aromatic rings. The van der Waals surface area contributed by atoms with Gasteiger partial charge in [-0.2, -0.15) is 0 Å². The number of nitrogens with two attached hydrogens (primary N) is 1. The number of carbonyl (C=O) groups excluding carboxylic acids is 1. The van der Waals surface area contributed by atoms with Gasteiger partial charge in [0.2, 0.25) is 5.91 Å². The van der Waals surface area contributed by atoms with E-state index in [1.54, 1.807) is 0 Å². The number of hydrogen-bond acceptors (Lipinski definition) is 3. The molecule has 4 heteroatoms. The van der Waals surface area contributed by atoms with E-state index in [4.69, 9.17) is 10.5 Å². The molecular formula is C14H20N2O2. The smallest absolute Gasteiger partial charge is 0.222 e. The molecule has 1 heterocycles. The maximum atomic E-state index is 11.5. The Morgan fingerprint density at radius 1 is 1.39 bits per heavy atom. The van der Waals surface area contributed by atoms with Gasteiger partial charge in [-0.05, 0) is 31.0 Å². The van der Waals surface area contributed by atoms with Crippen molar-refractivity contribution in [3.8, 4) is 5.75 Å². The summed E-state index contributed by atoms with van der Waals surface area (Å²) in [6.45, 7) is 4.06. The van der Waals surface area contributed by atoms with E-state index in [2.05, 4.69) is 0 Å². The summed E-state index contributed by atoms with van der Waals surface area (Å²) >= 11 is 0. The number of hydrogen-bond donors (Lipinski definition) is 1. The minimum Gasteiger partial charge on any atom is -0.494 e. The van der Waals surface area contributed by atoms with Crippen LogP contribution < -0.4 is 10.5 Å². The minimum absolute atomic E-state index is 0.122. The fourth-order valence-electron chi connectivity index (χ4n) is 2.22. The second kappa shape index (κ2) is 5.87. The van der Waals surface area contributed by atoms with Crippen LogP contribution in [0.3, 0.4) is 0 Å². The van der Waals surface area contributed by atoms with Gasteiger partial charge in [-0.15, -0.1) is 0 Å². The summed E-state index contributed by atoms with van der Waals surface area (Å²) in [4.78, 5) is 13.4. The first-order valence-corrected chi connectivity index (χ1v) is 6.47. The summed E-state index contributed by atoms with van der Waals surface area (Å²) in [7, 11) is 0. The van der Waals surface area contributed by atoms with E-state index in [9.17, 15) is 4.79 Å². The first kappa shape index (κ1) is 12.9. The lowest BCUT2D eigenvalue weighted by atomic mass is 10.1. The number of amides is 1. The molecule has 0 bridgehead atoms. The van der Waals surface area contributed by atoms with Crippen LogP contribution in [0.4, 0.5) is 0 Å². The van der Waals surface area contributed by atoms with E-state index in [0.29, 0.717) is 19.6 Å². The summed E-state index contributed by atoms with van der Waals surface area (Å²) in [5.41, 5.74) is 7.17. The van der Waals surface area contributed by atoms with Crippen LogP contribution in [0.5, 0.6) is 5.75 Å². The highest BCUT2D eigenvalue weighted by Gasteiger charge is 2.22. The zero-order valence-electron chi connectivity index (χ0n) is 10.8. The highest BCUT2D eigenvalue weighted by Crippen LogP contribution is 2.19. The molecule has 1 aliphatic rings. The van der Waals surface area contributed by atoms with Crippen LogP contribution in [0.2, 0.25) is 0 Å². The lowest BCUT2D eigenvalue weighted by molar-refractivity contribution is -0.127. The predicted octanol–water partition coefficient (Wildman–Crippen LogP) is 1.71. The summed E-state index contributed by atoms with van der Waals surface area (Å²) in [6.07, 6.45) is 1.62. The van der Waals surface area contributed by atoms with Crippen LogP contribution in [0.1, 0.15) is 31.4 Å². The molecule has 0 radical (unpaired) electrons. The van der Waals surface area contributed by atoms with Crippen LogP contribution >= 0.6 is 0 Å². The van der Waals surface area contributed by atoms with Gasteiger partial charge < -0.3 is 15.4 Å². The molecule has 0 saturated carbocycles. The van der Waals surface area contributed by atoms with Gasteiger partial charge >= 0.3 is 0 Å². The summed E-state index contributed by atoms with van der Waals surface area (Å²) < 4.78 is 5.39. The second-order valence-electron chi connectivity index (χ2n) is 4.55. The Labute approximate surface area is 108 Å². The monoisotopic (exact) mass is 248 g/mol. The van der Waals surface area contributed by atoms with Crippen LogP contribution in [0.15, 0.2) is 24.3 Å². The normalized spacial score (nSPS) is 17.0.